The van der Waals surface area contributed by atoms with Gasteiger partial charge in [0.25, 0.3) is 0 Å². The van der Waals surface area contributed by atoms with Gasteiger partial charge in [0.15, 0.2) is 9.84 Å². The lowest BCUT2D eigenvalue weighted by atomic mass is 10.2. The smallest absolute Gasteiger partial charge is 0.320 e. The van der Waals surface area contributed by atoms with Gasteiger partial charge in [-0.05, 0) is 18.6 Å². The molecule has 1 fully saturated rings. The van der Waals surface area contributed by atoms with Crippen molar-refractivity contribution in [1.29, 1.82) is 0 Å². The summed E-state index contributed by atoms with van der Waals surface area (Å²) in [5, 5.41) is 10.9. The number of carbonyl (C=O) groups is 1. The predicted octanol–water partition coefficient (Wildman–Crippen LogP) is 0.929. The van der Waals surface area contributed by atoms with Crippen molar-refractivity contribution in [2.24, 2.45) is 0 Å². The van der Waals surface area contributed by atoms with Gasteiger partial charge in [-0.25, -0.2) is 8.42 Å². The fraction of sp³-hybridized carbons (Fsp3) is 0.364. The van der Waals surface area contributed by atoms with Crippen LogP contribution < -0.4 is 5.32 Å². The average molecular weight is 290 g/mol. The van der Waals surface area contributed by atoms with E-state index in [0.29, 0.717) is 0 Å². The summed E-state index contributed by atoms with van der Waals surface area (Å²) < 4.78 is 24.6. The van der Waals surface area contributed by atoms with Crippen molar-refractivity contribution in [2.45, 2.75) is 22.6 Å². The number of halogens is 1. The van der Waals surface area contributed by atoms with E-state index in [4.69, 9.17) is 16.7 Å². The lowest BCUT2D eigenvalue weighted by Crippen LogP contribution is -2.30. The van der Waals surface area contributed by atoms with Crippen LogP contribution >= 0.6 is 11.6 Å². The molecule has 0 aromatic heterocycles. The van der Waals surface area contributed by atoms with Crippen molar-refractivity contribution in [3.05, 3.63) is 29.3 Å². The van der Waals surface area contributed by atoms with Gasteiger partial charge in [-0.1, -0.05) is 23.7 Å². The molecule has 2 rings (SSSR count). The molecule has 2 atom stereocenters. The van der Waals surface area contributed by atoms with Gasteiger partial charge in [-0.15, -0.1) is 0 Å². The standard InChI is InChI=1S/C11H12ClNO4S/c12-8-3-1-2-4-10(8)18(16,17)7-5-9(11(14)15)13-6-7/h1-4,7,9,13H,5-6H2,(H,14,15). The largest absolute Gasteiger partial charge is 0.480 e. The molecule has 18 heavy (non-hydrogen) atoms. The molecule has 7 heteroatoms. The molecule has 0 amide bonds. The molecule has 0 radical (unpaired) electrons. The Bertz CT molecular complexity index is 572. The molecule has 98 valence electrons. The van der Waals surface area contributed by atoms with Gasteiger partial charge in [-0.3, -0.25) is 4.79 Å². The highest BCUT2D eigenvalue weighted by Gasteiger charge is 2.38. The van der Waals surface area contributed by atoms with Gasteiger partial charge in [0.05, 0.1) is 15.2 Å². The number of hydrogen-bond acceptors (Lipinski definition) is 4. The summed E-state index contributed by atoms with van der Waals surface area (Å²) in [6.07, 6.45) is 0.0584. The molecule has 1 aliphatic heterocycles. The fourth-order valence-corrected chi connectivity index (χ4v) is 4.17. The Balaban J connectivity index is 2.29. The van der Waals surface area contributed by atoms with Gasteiger partial charge < -0.3 is 10.4 Å². The monoisotopic (exact) mass is 289 g/mol. The number of aliphatic carboxylic acids is 1. The van der Waals surface area contributed by atoms with Crippen molar-refractivity contribution in [3.8, 4) is 0 Å². The first kappa shape index (κ1) is 13.3. The first-order valence-corrected chi connectivity index (χ1v) is 7.30. The molecule has 0 aliphatic carbocycles. The van der Waals surface area contributed by atoms with Crippen LogP contribution in [0.3, 0.4) is 0 Å². The van der Waals surface area contributed by atoms with Crippen molar-refractivity contribution in [2.75, 3.05) is 6.54 Å². The molecule has 5 nitrogen and oxygen atoms in total. The summed E-state index contributed by atoms with van der Waals surface area (Å²) in [4.78, 5) is 10.9. The van der Waals surface area contributed by atoms with Crippen molar-refractivity contribution in [3.63, 3.8) is 0 Å². The molecule has 1 aliphatic rings. The third-order valence-electron chi connectivity index (χ3n) is 2.97. The number of benzene rings is 1. The van der Waals surface area contributed by atoms with Crippen LogP contribution in [0.4, 0.5) is 0 Å². The van der Waals surface area contributed by atoms with Gasteiger partial charge in [0.1, 0.15) is 6.04 Å². The molecular weight excluding hydrogens is 278 g/mol. The van der Waals surface area contributed by atoms with E-state index in [-0.39, 0.29) is 22.9 Å². The van der Waals surface area contributed by atoms with E-state index >= 15 is 0 Å². The first-order chi connectivity index (χ1) is 8.43. The van der Waals surface area contributed by atoms with Crippen molar-refractivity contribution in [1.82, 2.24) is 5.32 Å². The highest BCUT2D eigenvalue weighted by Crippen LogP contribution is 2.28. The Morgan fingerprint density at radius 2 is 2.06 bits per heavy atom. The van der Waals surface area contributed by atoms with Crippen molar-refractivity contribution < 1.29 is 18.3 Å². The summed E-state index contributed by atoms with van der Waals surface area (Å²) in [5.41, 5.74) is 0. The van der Waals surface area contributed by atoms with E-state index in [1.165, 1.54) is 12.1 Å². The zero-order chi connectivity index (χ0) is 13.3. The highest BCUT2D eigenvalue weighted by atomic mass is 35.5. The van der Waals surface area contributed by atoms with Gasteiger partial charge in [-0.2, -0.15) is 0 Å². The molecule has 0 bridgehead atoms. The molecule has 1 heterocycles. The van der Waals surface area contributed by atoms with Crippen LogP contribution in [0.1, 0.15) is 6.42 Å². The highest BCUT2D eigenvalue weighted by molar-refractivity contribution is 7.92. The zero-order valence-electron chi connectivity index (χ0n) is 9.34. The van der Waals surface area contributed by atoms with Gasteiger partial charge >= 0.3 is 5.97 Å². The second kappa shape index (κ2) is 4.87. The second-order valence-corrected chi connectivity index (χ2v) is 6.74. The number of rotatable bonds is 3. The molecular formula is C11H12ClNO4S. The Labute approximate surface area is 110 Å². The molecule has 0 spiro atoms. The summed E-state index contributed by atoms with van der Waals surface area (Å²) >= 11 is 5.87. The number of hydrogen-bond donors (Lipinski definition) is 2. The van der Waals surface area contributed by atoms with E-state index in [1.54, 1.807) is 12.1 Å². The Morgan fingerprint density at radius 3 is 2.61 bits per heavy atom. The zero-order valence-corrected chi connectivity index (χ0v) is 10.9. The summed E-state index contributed by atoms with van der Waals surface area (Å²) in [6.45, 7) is 0.129. The minimum atomic E-state index is -3.59. The number of nitrogens with one attached hydrogen (secondary N) is 1. The third-order valence-corrected chi connectivity index (χ3v) is 5.62. The van der Waals surface area contributed by atoms with E-state index < -0.39 is 27.1 Å². The third kappa shape index (κ3) is 2.36. The Hall–Kier alpha value is -1.11. The molecule has 0 saturated carbocycles. The molecule has 1 aromatic carbocycles. The Kier molecular flexibility index (Phi) is 3.61. The lowest BCUT2D eigenvalue weighted by Gasteiger charge is -2.11. The second-order valence-electron chi connectivity index (χ2n) is 4.13. The van der Waals surface area contributed by atoms with Crippen LogP contribution in [0.5, 0.6) is 0 Å². The average Bonchev–Trinajstić information content (AvgIpc) is 2.79. The van der Waals surface area contributed by atoms with Gasteiger partial charge in [0, 0.05) is 6.54 Å². The van der Waals surface area contributed by atoms with Crippen LogP contribution in [0.2, 0.25) is 5.02 Å². The molecule has 2 unspecified atom stereocenters. The molecule has 1 saturated heterocycles. The number of carboxylic acids is 1. The summed E-state index contributed by atoms with van der Waals surface area (Å²) in [5.74, 6) is -1.04. The van der Waals surface area contributed by atoms with Crippen LogP contribution in [-0.4, -0.2) is 37.3 Å². The number of sulfone groups is 1. The van der Waals surface area contributed by atoms with Crippen LogP contribution in [0.25, 0.3) is 0 Å². The minimum Gasteiger partial charge on any atom is -0.480 e. The summed E-state index contributed by atoms with van der Waals surface area (Å²) in [6, 6.07) is 5.37. The predicted molar refractivity (Wildman–Crippen MR) is 66.5 cm³/mol. The fourth-order valence-electron chi connectivity index (χ4n) is 1.98. The quantitative estimate of drug-likeness (QED) is 0.865. The minimum absolute atomic E-state index is 0.0584. The first-order valence-electron chi connectivity index (χ1n) is 5.37. The topological polar surface area (TPSA) is 83.5 Å². The van der Waals surface area contributed by atoms with E-state index in [1.807, 2.05) is 0 Å². The number of carboxylic acid groups (broad SMARTS) is 1. The maximum absolute atomic E-state index is 12.3. The lowest BCUT2D eigenvalue weighted by molar-refractivity contribution is -0.139. The van der Waals surface area contributed by atoms with E-state index in [0.717, 1.165) is 0 Å². The van der Waals surface area contributed by atoms with Gasteiger partial charge in [0.2, 0.25) is 0 Å². The van der Waals surface area contributed by atoms with E-state index in [2.05, 4.69) is 5.32 Å². The molecule has 2 N–H and O–H groups in total. The van der Waals surface area contributed by atoms with Crippen LogP contribution in [0.15, 0.2) is 29.2 Å². The van der Waals surface area contributed by atoms with Crippen LogP contribution in [-0.2, 0) is 14.6 Å². The van der Waals surface area contributed by atoms with Crippen LogP contribution in [0, 0.1) is 0 Å². The van der Waals surface area contributed by atoms with E-state index in [9.17, 15) is 13.2 Å². The van der Waals surface area contributed by atoms with Crippen molar-refractivity contribution >= 4 is 27.4 Å². The normalized spacial score (nSPS) is 24.1. The molecule has 1 aromatic rings. The maximum Gasteiger partial charge on any atom is 0.320 e. The Morgan fingerprint density at radius 1 is 1.39 bits per heavy atom. The summed E-state index contributed by atoms with van der Waals surface area (Å²) in [7, 11) is -3.59. The maximum atomic E-state index is 12.3. The SMILES string of the molecule is O=C(O)C1CC(S(=O)(=O)c2ccccc2Cl)CN1.